The monoisotopic (exact) mass is 476 g/mol. The lowest BCUT2D eigenvalue weighted by Crippen LogP contribution is -2.30. The molecule has 2 heterocycles. The van der Waals surface area contributed by atoms with E-state index in [0.29, 0.717) is 18.0 Å². The molecule has 33 heavy (non-hydrogen) atoms. The van der Waals surface area contributed by atoms with E-state index in [1.807, 2.05) is 35.2 Å². The fraction of sp³-hybridized carbons (Fsp3) is 0.348. The number of carbonyl (C=O) groups is 1. The number of amides is 1. The number of hydrogen-bond donors (Lipinski definition) is 1. The van der Waals surface area contributed by atoms with Crippen molar-refractivity contribution in [2.24, 2.45) is 0 Å². The summed E-state index contributed by atoms with van der Waals surface area (Å²) < 4.78 is 45.3. The third-order valence-corrected chi connectivity index (χ3v) is 6.09. The van der Waals surface area contributed by atoms with Crippen LogP contribution in [-0.2, 0) is 17.4 Å². The Morgan fingerprint density at radius 3 is 2.55 bits per heavy atom. The number of carbonyl (C=O) groups excluding carboxylic acids is 1. The number of rotatable bonds is 7. The largest absolute Gasteiger partial charge is 0.416 e. The molecule has 174 valence electrons. The summed E-state index contributed by atoms with van der Waals surface area (Å²) in [6.45, 7) is 1.49. The summed E-state index contributed by atoms with van der Waals surface area (Å²) in [5, 5.41) is 10.8. The molecule has 0 atom stereocenters. The molecule has 10 heteroatoms. The Morgan fingerprint density at radius 2 is 1.82 bits per heavy atom. The van der Waals surface area contributed by atoms with Crippen molar-refractivity contribution in [3.63, 3.8) is 0 Å². The van der Waals surface area contributed by atoms with E-state index in [9.17, 15) is 18.0 Å². The van der Waals surface area contributed by atoms with Gasteiger partial charge >= 0.3 is 6.18 Å². The first-order chi connectivity index (χ1) is 15.9. The summed E-state index contributed by atoms with van der Waals surface area (Å²) in [6, 6.07) is 13.1. The molecule has 1 amide bonds. The Labute approximate surface area is 193 Å². The van der Waals surface area contributed by atoms with Crippen molar-refractivity contribution in [3.8, 4) is 0 Å². The normalized spacial score (nSPS) is 14.3. The molecule has 0 aliphatic carbocycles. The van der Waals surface area contributed by atoms with Gasteiger partial charge in [0.1, 0.15) is 0 Å². The second-order valence-corrected chi connectivity index (χ2v) is 8.66. The number of aromatic nitrogens is 2. The van der Waals surface area contributed by atoms with Gasteiger partial charge in [-0.05, 0) is 43.0 Å². The Hall–Kier alpha value is -3.01. The first-order valence-corrected chi connectivity index (χ1v) is 11.6. The summed E-state index contributed by atoms with van der Waals surface area (Å²) in [7, 11) is 0. The maximum absolute atomic E-state index is 13.2. The predicted octanol–water partition coefficient (Wildman–Crippen LogP) is 5.40. The minimum atomic E-state index is -4.49. The zero-order valence-corrected chi connectivity index (χ0v) is 18.6. The molecule has 0 radical (unpaired) electrons. The maximum Gasteiger partial charge on any atom is 0.416 e. The highest BCUT2D eigenvalue weighted by Gasteiger charge is 2.32. The second-order valence-electron chi connectivity index (χ2n) is 7.74. The third kappa shape index (κ3) is 6.28. The molecule has 0 spiro atoms. The van der Waals surface area contributed by atoms with Gasteiger partial charge in [0.15, 0.2) is 0 Å². The van der Waals surface area contributed by atoms with Gasteiger partial charge in [0.2, 0.25) is 11.8 Å². The van der Waals surface area contributed by atoms with Gasteiger partial charge in [0.25, 0.3) is 5.22 Å². The topological polar surface area (TPSA) is 71.3 Å². The predicted molar refractivity (Wildman–Crippen MR) is 120 cm³/mol. The molecular formula is C23H23F3N4O2S. The lowest BCUT2D eigenvalue weighted by Gasteiger charge is -2.31. The molecule has 1 fully saturated rings. The fourth-order valence-corrected chi connectivity index (χ4v) is 4.26. The van der Waals surface area contributed by atoms with E-state index in [1.165, 1.54) is 6.07 Å². The average Bonchev–Trinajstić information content (AvgIpc) is 3.25. The van der Waals surface area contributed by atoms with E-state index < -0.39 is 17.6 Å². The number of benzene rings is 2. The van der Waals surface area contributed by atoms with Gasteiger partial charge in [-0.15, -0.1) is 10.2 Å². The Morgan fingerprint density at radius 1 is 1.06 bits per heavy atom. The Bertz CT molecular complexity index is 1080. The van der Waals surface area contributed by atoms with Gasteiger partial charge in [-0.2, -0.15) is 13.2 Å². The number of alkyl halides is 3. The Balaban J connectivity index is 1.41. The third-order valence-electron chi connectivity index (χ3n) is 5.27. The van der Waals surface area contributed by atoms with Gasteiger partial charge in [-0.25, -0.2) is 0 Å². The van der Waals surface area contributed by atoms with E-state index in [0.717, 1.165) is 61.8 Å². The molecule has 1 aliphatic heterocycles. The van der Waals surface area contributed by atoms with Crippen molar-refractivity contribution in [1.82, 2.24) is 10.2 Å². The van der Waals surface area contributed by atoms with Crippen LogP contribution in [0, 0.1) is 0 Å². The zero-order valence-electron chi connectivity index (χ0n) is 17.8. The van der Waals surface area contributed by atoms with Crippen molar-refractivity contribution in [2.75, 3.05) is 29.1 Å². The van der Waals surface area contributed by atoms with Crippen LogP contribution in [0.5, 0.6) is 0 Å². The summed E-state index contributed by atoms with van der Waals surface area (Å²) in [6.07, 6.45) is -0.997. The van der Waals surface area contributed by atoms with Crippen LogP contribution in [0.1, 0.15) is 36.3 Å². The highest BCUT2D eigenvalue weighted by Crippen LogP contribution is 2.36. The van der Waals surface area contributed by atoms with Gasteiger partial charge in [0, 0.05) is 13.1 Å². The van der Waals surface area contributed by atoms with Crippen LogP contribution < -0.4 is 10.2 Å². The lowest BCUT2D eigenvalue weighted by atomic mass is 10.1. The standard InChI is InChI=1S/C23H23F3N4O2S/c24-23(25,26)17-9-10-19(30-11-5-2-6-12-30)18(14-17)27-20(31)15-33-22-29-28-21(32-22)13-16-7-3-1-4-8-16/h1,3-4,7-10,14H,2,5-6,11-13,15H2,(H,27,31). The van der Waals surface area contributed by atoms with Gasteiger partial charge < -0.3 is 14.6 Å². The molecule has 1 saturated heterocycles. The highest BCUT2D eigenvalue weighted by molar-refractivity contribution is 7.99. The van der Waals surface area contributed by atoms with Crippen molar-refractivity contribution in [3.05, 3.63) is 65.5 Å². The molecule has 6 nitrogen and oxygen atoms in total. The number of nitrogens with zero attached hydrogens (tertiary/aromatic N) is 3. The summed E-state index contributed by atoms with van der Waals surface area (Å²) in [4.78, 5) is 14.6. The summed E-state index contributed by atoms with van der Waals surface area (Å²) >= 11 is 1.04. The van der Waals surface area contributed by atoms with Crippen LogP contribution in [0.25, 0.3) is 0 Å². The highest BCUT2D eigenvalue weighted by atomic mass is 32.2. The molecule has 1 aromatic heterocycles. The van der Waals surface area contributed by atoms with Crippen molar-refractivity contribution >= 4 is 29.0 Å². The summed E-state index contributed by atoms with van der Waals surface area (Å²) in [5.74, 6) is -0.0855. The van der Waals surface area contributed by atoms with Crippen LogP contribution >= 0.6 is 11.8 Å². The van der Waals surface area contributed by atoms with Crippen LogP contribution in [0.2, 0.25) is 0 Å². The number of piperidine rings is 1. The molecule has 3 aromatic rings. The van der Waals surface area contributed by atoms with E-state index in [-0.39, 0.29) is 16.7 Å². The molecular weight excluding hydrogens is 453 g/mol. The zero-order chi connectivity index (χ0) is 23.3. The first-order valence-electron chi connectivity index (χ1n) is 10.6. The van der Waals surface area contributed by atoms with Crippen LogP contribution in [0.4, 0.5) is 24.5 Å². The van der Waals surface area contributed by atoms with Crippen molar-refractivity contribution in [2.45, 2.75) is 37.1 Å². The van der Waals surface area contributed by atoms with Crippen LogP contribution in [-0.4, -0.2) is 34.9 Å². The number of anilines is 2. The smallest absolute Gasteiger partial charge is 0.416 e. The molecule has 1 N–H and O–H groups in total. The number of nitrogens with one attached hydrogen (secondary N) is 1. The van der Waals surface area contributed by atoms with Crippen molar-refractivity contribution in [1.29, 1.82) is 0 Å². The van der Waals surface area contributed by atoms with E-state index in [2.05, 4.69) is 15.5 Å². The first kappa shape index (κ1) is 23.2. The van der Waals surface area contributed by atoms with E-state index in [4.69, 9.17) is 4.42 Å². The van der Waals surface area contributed by atoms with Gasteiger partial charge in [-0.3, -0.25) is 4.79 Å². The van der Waals surface area contributed by atoms with E-state index in [1.54, 1.807) is 0 Å². The van der Waals surface area contributed by atoms with Crippen LogP contribution in [0.15, 0.2) is 58.2 Å². The fourth-order valence-electron chi connectivity index (χ4n) is 3.68. The average molecular weight is 477 g/mol. The van der Waals surface area contributed by atoms with Gasteiger partial charge in [0.05, 0.1) is 29.1 Å². The number of hydrogen-bond acceptors (Lipinski definition) is 6. The van der Waals surface area contributed by atoms with Crippen molar-refractivity contribution < 1.29 is 22.4 Å². The quantitative estimate of drug-likeness (QED) is 0.461. The summed E-state index contributed by atoms with van der Waals surface area (Å²) in [5.41, 5.74) is 0.982. The molecule has 2 aromatic carbocycles. The van der Waals surface area contributed by atoms with Crippen LogP contribution in [0.3, 0.4) is 0 Å². The minimum Gasteiger partial charge on any atom is -0.416 e. The molecule has 4 rings (SSSR count). The maximum atomic E-state index is 13.2. The SMILES string of the molecule is O=C(CSc1nnc(Cc2ccccc2)o1)Nc1cc(C(F)(F)F)ccc1N1CCCCC1. The van der Waals surface area contributed by atoms with E-state index >= 15 is 0 Å². The van der Waals surface area contributed by atoms with Gasteiger partial charge in [-0.1, -0.05) is 42.1 Å². The number of thioether (sulfide) groups is 1. The number of halogens is 3. The molecule has 1 aliphatic rings. The minimum absolute atomic E-state index is 0.0668. The molecule has 0 unspecified atom stereocenters. The Kier molecular flexibility index (Phi) is 7.22. The molecule has 0 saturated carbocycles. The lowest BCUT2D eigenvalue weighted by molar-refractivity contribution is -0.137. The molecule has 0 bridgehead atoms. The second kappa shape index (κ2) is 10.3.